The van der Waals surface area contributed by atoms with E-state index in [-0.39, 0.29) is 0 Å². The molecule has 1 N–H and O–H groups in total. The first-order chi connectivity index (χ1) is 5.48. The molecule has 0 atom stereocenters. The molecule has 0 saturated carbocycles. The third-order valence-corrected chi connectivity index (χ3v) is 2.28. The molecule has 0 heterocycles. The molecule has 0 radical (unpaired) electrons. The summed E-state index contributed by atoms with van der Waals surface area (Å²) in [5.74, 6) is 0. The minimum atomic E-state index is 0.460. The van der Waals surface area contributed by atoms with E-state index in [2.05, 4.69) is 32.7 Å². The zero-order valence-corrected chi connectivity index (χ0v) is 9.04. The van der Waals surface area contributed by atoms with Crippen molar-refractivity contribution >= 4 is 0 Å². The molecule has 0 fully saturated rings. The molecule has 0 amide bonds. The van der Waals surface area contributed by atoms with E-state index < -0.39 is 0 Å². The fraction of sp³-hybridized carbons (Fsp3) is 0.818. The Balaban J connectivity index is 3.63. The van der Waals surface area contributed by atoms with E-state index in [9.17, 15) is 0 Å². The van der Waals surface area contributed by atoms with Gasteiger partial charge in [0, 0.05) is 0 Å². The standard InChI is InChI=1S/C11H23N/c1-10(2)6-7-11(3,4)8-9-12-5/h12H,1,6-9H2,2-5H3. The Morgan fingerprint density at radius 3 is 2.33 bits per heavy atom. The largest absolute Gasteiger partial charge is 0.320 e. The molecule has 0 aromatic carbocycles. The summed E-state index contributed by atoms with van der Waals surface area (Å²) in [4.78, 5) is 0. The smallest absolute Gasteiger partial charge is 0.00468 e. The molecule has 1 nitrogen and oxygen atoms in total. The Kier molecular flexibility index (Phi) is 5.23. The highest BCUT2D eigenvalue weighted by Crippen LogP contribution is 2.27. The predicted molar refractivity (Wildman–Crippen MR) is 56.4 cm³/mol. The lowest BCUT2D eigenvalue weighted by atomic mass is 9.83. The van der Waals surface area contributed by atoms with Crippen LogP contribution < -0.4 is 5.32 Å². The molecule has 0 aromatic rings. The average Bonchev–Trinajstić information content (AvgIpc) is 1.98. The second-order valence-corrected chi connectivity index (χ2v) is 4.47. The molecule has 72 valence electrons. The van der Waals surface area contributed by atoms with Gasteiger partial charge in [-0.2, -0.15) is 0 Å². The summed E-state index contributed by atoms with van der Waals surface area (Å²) >= 11 is 0. The van der Waals surface area contributed by atoms with E-state index in [1.165, 1.54) is 18.4 Å². The molecule has 0 bridgehead atoms. The summed E-state index contributed by atoms with van der Waals surface area (Å²) < 4.78 is 0. The van der Waals surface area contributed by atoms with E-state index >= 15 is 0 Å². The summed E-state index contributed by atoms with van der Waals surface area (Å²) in [7, 11) is 2.01. The van der Waals surface area contributed by atoms with Gasteiger partial charge in [0.1, 0.15) is 0 Å². The van der Waals surface area contributed by atoms with Gasteiger partial charge in [-0.1, -0.05) is 19.4 Å². The maximum Gasteiger partial charge on any atom is -0.00468 e. The minimum absolute atomic E-state index is 0.460. The first kappa shape index (κ1) is 11.7. The zero-order valence-electron chi connectivity index (χ0n) is 9.04. The van der Waals surface area contributed by atoms with Crippen LogP contribution in [0.25, 0.3) is 0 Å². The van der Waals surface area contributed by atoms with E-state index in [4.69, 9.17) is 0 Å². The monoisotopic (exact) mass is 169 g/mol. The highest BCUT2D eigenvalue weighted by Gasteiger charge is 2.16. The molecule has 0 aromatic heterocycles. The van der Waals surface area contributed by atoms with Crippen molar-refractivity contribution in [1.29, 1.82) is 0 Å². The lowest BCUT2D eigenvalue weighted by Gasteiger charge is -2.24. The van der Waals surface area contributed by atoms with E-state index in [0.29, 0.717) is 5.41 Å². The number of hydrogen-bond donors (Lipinski definition) is 1. The normalized spacial score (nSPS) is 11.7. The van der Waals surface area contributed by atoms with Gasteiger partial charge in [-0.3, -0.25) is 0 Å². The zero-order chi connectivity index (χ0) is 9.61. The van der Waals surface area contributed by atoms with Gasteiger partial charge in [0.2, 0.25) is 0 Å². The minimum Gasteiger partial charge on any atom is -0.320 e. The fourth-order valence-corrected chi connectivity index (χ4v) is 1.14. The number of nitrogens with one attached hydrogen (secondary N) is 1. The van der Waals surface area contributed by atoms with Crippen LogP contribution in [-0.4, -0.2) is 13.6 Å². The second-order valence-electron chi connectivity index (χ2n) is 4.47. The highest BCUT2D eigenvalue weighted by molar-refractivity contribution is 4.89. The van der Waals surface area contributed by atoms with Gasteiger partial charge >= 0.3 is 0 Å². The Hall–Kier alpha value is -0.300. The van der Waals surface area contributed by atoms with Crippen molar-refractivity contribution in [3.8, 4) is 0 Å². The molecule has 0 aliphatic heterocycles. The highest BCUT2D eigenvalue weighted by atomic mass is 14.8. The van der Waals surface area contributed by atoms with Gasteiger partial charge in [0.05, 0.1) is 0 Å². The molecule has 12 heavy (non-hydrogen) atoms. The Bertz CT molecular complexity index is 136. The van der Waals surface area contributed by atoms with Crippen LogP contribution in [0.3, 0.4) is 0 Å². The van der Waals surface area contributed by atoms with Crippen molar-refractivity contribution in [3.63, 3.8) is 0 Å². The average molecular weight is 169 g/mol. The number of rotatable bonds is 6. The Morgan fingerprint density at radius 1 is 1.33 bits per heavy atom. The van der Waals surface area contributed by atoms with Crippen LogP contribution in [0.15, 0.2) is 12.2 Å². The van der Waals surface area contributed by atoms with Crippen LogP contribution in [0.1, 0.15) is 40.0 Å². The summed E-state index contributed by atoms with van der Waals surface area (Å²) in [6.45, 7) is 11.8. The Labute approximate surface area is 77.2 Å². The van der Waals surface area contributed by atoms with E-state index in [1.54, 1.807) is 0 Å². The van der Waals surface area contributed by atoms with Crippen LogP contribution in [0.2, 0.25) is 0 Å². The van der Waals surface area contributed by atoms with Gasteiger partial charge in [-0.05, 0) is 45.2 Å². The van der Waals surface area contributed by atoms with Gasteiger partial charge in [-0.25, -0.2) is 0 Å². The van der Waals surface area contributed by atoms with Crippen LogP contribution in [0, 0.1) is 5.41 Å². The topological polar surface area (TPSA) is 12.0 Å². The lowest BCUT2D eigenvalue weighted by Crippen LogP contribution is -2.19. The fourth-order valence-electron chi connectivity index (χ4n) is 1.14. The quantitative estimate of drug-likeness (QED) is 0.603. The Morgan fingerprint density at radius 2 is 1.92 bits per heavy atom. The molecule has 0 spiro atoms. The molecule has 1 heteroatoms. The molecule has 0 unspecified atom stereocenters. The maximum atomic E-state index is 3.92. The van der Waals surface area contributed by atoms with Gasteiger partial charge in [-0.15, -0.1) is 6.58 Å². The lowest BCUT2D eigenvalue weighted by molar-refractivity contribution is 0.305. The van der Waals surface area contributed by atoms with Gasteiger partial charge in [0.25, 0.3) is 0 Å². The van der Waals surface area contributed by atoms with Crippen LogP contribution in [0.5, 0.6) is 0 Å². The number of hydrogen-bond acceptors (Lipinski definition) is 1. The van der Waals surface area contributed by atoms with E-state index in [0.717, 1.165) is 13.0 Å². The van der Waals surface area contributed by atoms with Crippen molar-refractivity contribution < 1.29 is 0 Å². The molecule has 0 aliphatic rings. The second kappa shape index (κ2) is 5.36. The maximum absolute atomic E-state index is 3.92. The molecule has 0 aliphatic carbocycles. The summed E-state index contributed by atoms with van der Waals surface area (Å²) in [6, 6.07) is 0. The molecule has 0 saturated heterocycles. The van der Waals surface area contributed by atoms with Crippen LogP contribution >= 0.6 is 0 Å². The third kappa shape index (κ3) is 6.41. The van der Waals surface area contributed by atoms with Crippen molar-refractivity contribution in [2.45, 2.75) is 40.0 Å². The van der Waals surface area contributed by atoms with E-state index in [1.807, 2.05) is 7.05 Å². The number of allylic oxidation sites excluding steroid dienone is 1. The summed E-state index contributed by atoms with van der Waals surface area (Å²) in [6.07, 6.45) is 3.66. The first-order valence-electron chi connectivity index (χ1n) is 4.77. The SMILES string of the molecule is C=C(C)CCC(C)(C)CCNC. The molecular formula is C11H23N. The van der Waals surface area contributed by atoms with Crippen molar-refractivity contribution in [2.75, 3.05) is 13.6 Å². The van der Waals surface area contributed by atoms with Gasteiger partial charge < -0.3 is 5.32 Å². The third-order valence-electron chi connectivity index (χ3n) is 2.28. The van der Waals surface area contributed by atoms with Crippen LogP contribution in [-0.2, 0) is 0 Å². The van der Waals surface area contributed by atoms with Crippen molar-refractivity contribution in [1.82, 2.24) is 5.32 Å². The summed E-state index contributed by atoms with van der Waals surface area (Å²) in [5, 5.41) is 3.19. The molecular weight excluding hydrogens is 146 g/mol. The van der Waals surface area contributed by atoms with Crippen molar-refractivity contribution in [2.24, 2.45) is 5.41 Å². The van der Waals surface area contributed by atoms with Gasteiger partial charge in [0.15, 0.2) is 0 Å². The predicted octanol–water partition coefficient (Wildman–Crippen LogP) is 2.98. The van der Waals surface area contributed by atoms with Crippen LogP contribution in [0.4, 0.5) is 0 Å². The first-order valence-corrected chi connectivity index (χ1v) is 4.77. The summed E-state index contributed by atoms with van der Waals surface area (Å²) in [5.41, 5.74) is 1.76. The molecule has 0 rings (SSSR count). The van der Waals surface area contributed by atoms with Crippen molar-refractivity contribution in [3.05, 3.63) is 12.2 Å².